The van der Waals surface area contributed by atoms with Crippen molar-refractivity contribution in [3.8, 4) is 0 Å². The van der Waals surface area contributed by atoms with E-state index in [-0.39, 0.29) is 0 Å². The van der Waals surface area contributed by atoms with E-state index in [0.717, 1.165) is 5.56 Å². The number of anilines is 2. The Bertz CT molecular complexity index is 660. The summed E-state index contributed by atoms with van der Waals surface area (Å²) in [5.41, 5.74) is 1.76. The molecule has 0 heterocycles. The lowest BCUT2D eigenvalue weighted by Crippen LogP contribution is -2.19. The predicted molar refractivity (Wildman–Crippen MR) is 86.2 cm³/mol. The van der Waals surface area contributed by atoms with Crippen molar-refractivity contribution in [2.45, 2.75) is 13.0 Å². The molecule has 1 unspecified atom stereocenters. The van der Waals surface area contributed by atoms with E-state index in [0.29, 0.717) is 21.4 Å². The highest BCUT2D eigenvalue weighted by atomic mass is 35.5. The summed E-state index contributed by atoms with van der Waals surface area (Å²) in [4.78, 5) is 11.9. The van der Waals surface area contributed by atoms with Crippen LogP contribution in [-0.4, -0.2) is 11.1 Å². The van der Waals surface area contributed by atoms with E-state index in [2.05, 4.69) is 10.6 Å². The molecule has 0 bridgehead atoms. The first-order valence-corrected chi connectivity index (χ1v) is 7.02. The van der Waals surface area contributed by atoms with Gasteiger partial charge < -0.3 is 15.7 Å². The molecule has 0 fully saturated rings. The Morgan fingerprint density at radius 1 is 1.14 bits per heavy atom. The fourth-order valence-corrected chi connectivity index (χ4v) is 2.21. The monoisotopic (exact) mass is 324 g/mol. The Morgan fingerprint density at radius 3 is 2.57 bits per heavy atom. The second kappa shape index (κ2) is 6.80. The van der Waals surface area contributed by atoms with E-state index in [1.54, 1.807) is 49.4 Å². The van der Waals surface area contributed by atoms with Crippen LogP contribution < -0.4 is 10.6 Å². The van der Waals surface area contributed by atoms with Crippen molar-refractivity contribution >= 4 is 40.6 Å². The number of amides is 2. The first-order valence-electron chi connectivity index (χ1n) is 6.27. The molecule has 110 valence electrons. The normalized spacial score (nSPS) is 11.8. The number of carbonyl (C=O) groups is 1. The average molecular weight is 325 g/mol. The van der Waals surface area contributed by atoms with Crippen molar-refractivity contribution in [3.05, 3.63) is 58.1 Å². The van der Waals surface area contributed by atoms with Gasteiger partial charge in [-0.1, -0.05) is 35.3 Å². The van der Waals surface area contributed by atoms with E-state index in [9.17, 15) is 9.90 Å². The average Bonchev–Trinajstić information content (AvgIpc) is 2.42. The maximum Gasteiger partial charge on any atom is 0.323 e. The van der Waals surface area contributed by atoms with Gasteiger partial charge in [0.25, 0.3) is 0 Å². The highest BCUT2D eigenvalue weighted by Gasteiger charge is 2.08. The van der Waals surface area contributed by atoms with Crippen LogP contribution in [0, 0.1) is 0 Å². The van der Waals surface area contributed by atoms with Gasteiger partial charge in [0, 0.05) is 10.7 Å². The molecule has 0 saturated carbocycles. The SMILES string of the molecule is CC(O)c1cccc(NC(=O)Nc2ccc(Cl)cc2Cl)c1. The smallest absolute Gasteiger partial charge is 0.323 e. The first-order chi connectivity index (χ1) is 9.95. The largest absolute Gasteiger partial charge is 0.389 e. The summed E-state index contributed by atoms with van der Waals surface area (Å²) in [7, 11) is 0. The third kappa shape index (κ3) is 4.36. The molecular weight excluding hydrogens is 311 g/mol. The minimum Gasteiger partial charge on any atom is -0.389 e. The molecule has 3 N–H and O–H groups in total. The molecule has 0 spiro atoms. The number of halogens is 2. The fraction of sp³-hybridized carbons (Fsp3) is 0.133. The van der Waals surface area contributed by atoms with Crippen LogP contribution >= 0.6 is 23.2 Å². The Hall–Kier alpha value is -1.75. The van der Waals surface area contributed by atoms with Crippen molar-refractivity contribution in [1.29, 1.82) is 0 Å². The number of aliphatic hydroxyl groups is 1. The number of urea groups is 1. The van der Waals surface area contributed by atoms with Gasteiger partial charge in [0.1, 0.15) is 0 Å². The Labute approximate surface area is 132 Å². The molecule has 0 aliphatic heterocycles. The van der Waals surface area contributed by atoms with Crippen LogP contribution in [0.4, 0.5) is 16.2 Å². The van der Waals surface area contributed by atoms with Gasteiger partial charge in [0.15, 0.2) is 0 Å². The van der Waals surface area contributed by atoms with Crippen molar-refractivity contribution in [3.63, 3.8) is 0 Å². The van der Waals surface area contributed by atoms with Crippen molar-refractivity contribution in [2.24, 2.45) is 0 Å². The van der Waals surface area contributed by atoms with Gasteiger partial charge in [0.2, 0.25) is 0 Å². The molecule has 1 atom stereocenters. The lowest BCUT2D eigenvalue weighted by Gasteiger charge is -2.11. The van der Waals surface area contributed by atoms with Gasteiger partial charge in [-0.2, -0.15) is 0 Å². The molecule has 0 aliphatic rings. The molecule has 21 heavy (non-hydrogen) atoms. The maximum atomic E-state index is 11.9. The zero-order chi connectivity index (χ0) is 15.4. The quantitative estimate of drug-likeness (QED) is 0.766. The summed E-state index contributed by atoms with van der Waals surface area (Å²) in [5, 5.41) is 15.7. The summed E-state index contributed by atoms with van der Waals surface area (Å²) < 4.78 is 0. The number of nitrogens with one attached hydrogen (secondary N) is 2. The minimum absolute atomic E-state index is 0.357. The minimum atomic E-state index is -0.597. The van der Waals surface area contributed by atoms with Crippen LogP contribution in [0.1, 0.15) is 18.6 Å². The zero-order valence-corrected chi connectivity index (χ0v) is 12.7. The molecular formula is C15H14Cl2N2O2. The van der Waals surface area contributed by atoms with Crippen LogP contribution in [0.2, 0.25) is 10.0 Å². The lowest BCUT2D eigenvalue weighted by atomic mass is 10.1. The fourth-order valence-electron chi connectivity index (χ4n) is 1.75. The van der Waals surface area contributed by atoms with Crippen LogP contribution in [0.25, 0.3) is 0 Å². The van der Waals surface area contributed by atoms with Crippen molar-refractivity contribution < 1.29 is 9.90 Å². The molecule has 0 saturated heterocycles. The molecule has 0 aromatic heterocycles. The van der Waals surface area contributed by atoms with Gasteiger partial charge in [-0.25, -0.2) is 4.79 Å². The van der Waals surface area contributed by atoms with Crippen LogP contribution in [0.5, 0.6) is 0 Å². The summed E-state index contributed by atoms with van der Waals surface area (Å²) >= 11 is 11.8. The summed E-state index contributed by atoms with van der Waals surface area (Å²) in [6.07, 6.45) is -0.597. The van der Waals surface area contributed by atoms with Gasteiger partial charge in [-0.15, -0.1) is 0 Å². The van der Waals surface area contributed by atoms with Gasteiger partial charge in [-0.05, 0) is 42.8 Å². The number of rotatable bonds is 3. The van der Waals surface area contributed by atoms with Gasteiger partial charge >= 0.3 is 6.03 Å². The molecule has 0 aliphatic carbocycles. The predicted octanol–water partition coefficient (Wildman–Crippen LogP) is 4.69. The first kappa shape index (κ1) is 15.6. The molecule has 2 amide bonds. The number of carbonyl (C=O) groups excluding carboxylic acids is 1. The lowest BCUT2D eigenvalue weighted by molar-refractivity contribution is 0.199. The number of hydrogen-bond acceptors (Lipinski definition) is 2. The third-order valence-electron chi connectivity index (χ3n) is 2.81. The van der Waals surface area contributed by atoms with Gasteiger partial charge in [-0.3, -0.25) is 0 Å². The van der Waals surface area contributed by atoms with E-state index in [4.69, 9.17) is 23.2 Å². The van der Waals surface area contributed by atoms with E-state index in [1.165, 1.54) is 0 Å². The maximum absolute atomic E-state index is 11.9. The second-order valence-corrected chi connectivity index (χ2v) is 5.35. The van der Waals surface area contributed by atoms with E-state index < -0.39 is 12.1 Å². The van der Waals surface area contributed by atoms with Gasteiger partial charge in [0.05, 0.1) is 16.8 Å². The summed E-state index contributed by atoms with van der Waals surface area (Å²) in [5.74, 6) is 0. The third-order valence-corrected chi connectivity index (χ3v) is 3.35. The molecule has 2 rings (SSSR count). The van der Waals surface area contributed by atoms with E-state index >= 15 is 0 Å². The number of hydrogen-bond donors (Lipinski definition) is 3. The standard InChI is InChI=1S/C15H14Cl2N2O2/c1-9(20)10-3-2-4-12(7-10)18-15(21)19-14-6-5-11(16)8-13(14)17/h2-9,20H,1H3,(H2,18,19,21). The summed E-state index contributed by atoms with van der Waals surface area (Å²) in [6, 6.07) is 11.3. The Balaban J connectivity index is 2.06. The molecule has 2 aromatic carbocycles. The van der Waals surface area contributed by atoms with Crippen molar-refractivity contribution in [1.82, 2.24) is 0 Å². The highest BCUT2D eigenvalue weighted by Crippen LogP contribution is 2.25. The summed E-state index contributed by atoms with van der Waals surface area (Å²) in [6.45, 7) is 1.66. The topological polar surface area (TPSA) is 61.4 Å². The van der Waals surface area contributed by atoms with Crippen molar-refractivity contribution in [2.75, 3.05) is 10.6 Å². The second-order valence-electron chi connectivity index (χ2n) is 4.50. The molecule has 2 aromatic rings. The molecule has 6 heteroatoms. The number of aliphatic hydroxyl groups excluding tert-OH is 1. The van der Waals surface area contributed by atoms with Crippen LogP contribution in [0.3, 0.4) is 0 Å². The zero-order valence-electron chi connectivity index (χ0n) is 11.2. The molecule has 0 radical (unpaired) electrons. The molecule has 4 nitrogen and oxygen atoms in total. The Kier molecular flexibility index (Phi) is 5.07. The van der Waals surface area contributed by atoms with Crippen LogP contribution in [-0.2, 0) is 0 Å². The van der Waals surface area contributed by atoms with E-state index in [1.807, 2.05) is 0 Å². The number of benzene rings is 2. The Morgan fingerprint density at radius 2 is 1.90 bits per heavy atom. The highest BCUT2D eigenvalue weighted by molar-refractivity contribution is 6.36. The van der Waals surface area contributed by atoms with Crippen LogP contribution in [0.15, 0.2) is 42.5 Å².